The molecule has 0 fully saturated rings. The Kier molecular flexibility index (Phi) is 4.54. The van der Waals surface area contributed by atoms with Crippen molar-refractivity contribution in [3.8, 4) is 0 Å². The summed E-state index contributed by atoms with van der Waals surface area (Å²) in [6, 6.07) is 10.2. The number of aryl methyl sites for hydroxylation is 1. The number of carbonyl (C=O) groups excluding carboxylic acids is 1. The number of benzene rings is 2. The first-order valence-electron chi connectivity index (χ1n) is 7.71. The minimum absolute atomic E-state index is 0.0232. The smallest absolute Gasteiger partial charge is 0.382 e. The van der Waals surface area contributed by atoms with E-state index in [-0.39, 0.29) is 11.0 Å². The minimum Gasteiger partial charge on any atom is -0.382 e. The number of anilines is 1. The summed E-state index contributed by atoms with van der Waals surface area (Å²) in [5.41, 5.74) is 0.958. The van der Waals surface area contributed by atoms with Crippen LogP contribution >= 0.6 is 0 Å². The highest BCUT2D eigenvalue weighted by Gasteiger charge is 2.31. The van der Waals surface area contributed by atoms with Gasteiger partial charge in [0.25, 0.3) is 5.91 Å². The van der Waals surface area contributed by atoms with Gasteiger partial charge in [-0.1, -0.05) is 17.0 Å². The molecular weight excluding hydrogens is 349 g/mol. The maximum absolute atomic E-state index is 12.9. The molecule has 1 atom stereocenters. The van der Waals surface area contributed by atoms with Crippen molar-refractivity contribution in [1.29, 1.82) is 0 Å². The molecule has 1 amide bonds. The second-order valence-electron chi connectivity index (χ2n) is 5.77. The van der Waals surface area contributed by atoms with E-state index in [1.54, 1.807) is 18.2 Å². The van der Waals surface area contributed by atoms with Crippen LogP contribution in [0.15, 0.2) is 42.5 Å². The first kappa shape index (κ1) is 17.7. The first-order valence-corrected chi connectivity index (χ1v) is 7.71. The molecule has 9 heteroatoms. The number of amides is 1. The summed E-state index contributed by atoms with van der Waals surface area (Å²) in [5.74, 6) is -0.466. The van der Waals surface area contributed by atoms with Crippen LogP contribution in [0, 0.1) is 6.92 Å². The molecular formula is C17H15F3N4O2. The standard InChI is InChI=1S/C17H15F3N4O2/c1-10-4-3-5-13(8-10)21-16(25)11(2)26-24-15-9-12(17(18,19)20)6-7-14(15)22-23-24/h3-9,11H,1-2H3,(H,21,25)/t11-/m1/s1. The van der Waals surface area contributed by atoms with Gasteiger partial charge in [0.05, 0.1) is 5.56 Å². The van der Waals surface area contributed by atoms with E-state index in [1.165, 1.54) is 13.0 Å². The molecule has 0 unspecified atom stereocenters. The molecule has 0 radical (unpaired) electrons. The molecule has 136 valence electrons. The number of hydrogen-bond donors (Lipinski definition) is 1. The Morgan fingerprint density at radius 3 is 2.69 bits per heavy atom. The second kappa shape index (κ2) is 6.66. The van der Waals surface area contributed by atoms with E-state index in [1.807, 2.05) is 13.0 Å². The van der Waals surface area contributed by atoms with Gasteiger partial charge in [0, 0.05) is 5.69 Å². The van der Waals surface area contributed by atoms with Crippen LogP contribution in [0.2, 0.25) is 0 Å². The largest absolute Gasteiger partial charge is 0.416 e. The lowest BCUT2D eigenvalue weighted by Crippen LogP contribution is -2.35. The molecule has 2 aromatic carbocycles. The van der Waals surface area contributed by atoms with Gasteiger partial charge in [-0.2, -0.15) is 13.2 Å². The summed E-state index contributed by atoms with van der Waals surface area (Å²) in [6.07, 6.45) is -5.51. The number of carbonyl (C=O) groups is 1. The van der Waals surface area contributed by atoms with Crippen molar-refractivity contribution in [2.75, 3.05) is 5.32 Å². The predicted octanol–water partition coefficient (Wildman–Crippen LogP) is 3.21. The van der Waals surface area contributed by atoms with Crippen molar-refractivity contribution in [2.24, 2.45) is 0 Å². The summed E-state index contributed by atoms with van der Waals surface area (Å²) in [4.78, 5) is 18.4. The molecule has 1 heterocycles. The van der Waals surface area contributed by atoms with E-state index in [0.29, 0.717) is 5.69 Å². The van der Waals surface area contributed by atoms with Crippen molar-refractivity contribution in [3.63, 3.8) is 0 Å². The van der Waals surface area contributed by atoms with Gasteiger partial charge in [-0.15, -0.1) is 5.10 Å². The lowest BCUT2D eigenvalue weighted by molar-refractivity contribution is -0.137. The minimum atomic E-state index is -4.50. The third-order valence-corrected chi connectivity index (χ3v) is 3.66. The molecule has 3 aromatic rings. The van der Waals surface area contributed by atoms with Gasteiger partial charge >= 0.3 is 6.18 Å². The Balaban J connectivity index is 1.78. The molecule has 0 spiro atoms. The number of fused-ring (bicyclic) bond motifs is 1. The van der Waals surface area contributed by atoms with Crippen molar-refractivity contribution in [2.45, 2.75) is 26.1 Å². The molecule has 1 N–H and O–H groups in total. The summed E-state index contributed by atoms with van der Waals surface area (Å²) < 4.78 is 38.6. The van der Waals surface area contributed by atoms with Gasteiger partial charge in [0.15, 0.2) is 0 Å². The normalized spacial score (nSPS) is 12.8. The van der Waals surface area contributed by atoms with Crippen LogP contribution < -0.4 is 10.2 Å². The van der Waals surface area contributed by atoms with Crippen molar-refractivity contribution in [3.05, 3.63) is 53.6 Å². The fraction of sp³-hybridized carbons (Fsp3) is 0.235. The highest BCUT2D eigenvalue weighted by molar-refractivity contribution is 5.94. The van der Waals surface area contributed by atoms with Crippen molar-refractivity contribution in [1.82, 2.24) is 15.2 Å². The Labute approximate surface area is 146 Å². The number of nitrogens with zero attached hydrogens (tertiary/aromatic N) is 3. The van der Waals surface area contributed by atoms with Crippen LogP contribution in [-0.4, -0.2) is 27.2 Å². The van der Waals surface area contributed by atoms with E-state index in [2.05, 4.69) is 15.6 Å². The summed E-state index contributed by atoms with van der Waals surface area (Å²) in [5, 5.41) is 10.1. The molecule has 1 aromatic heterocycles. The third-order valence-electron chi connectivity index (χ3n) is 3.66. The monoisotopic (exact) mass is 364 g/mol. The lowest BCUT2D eigenvalue weighted by atomic mass is 10.2. The predicted molar refractivity (Wildman–Crippen MR) is 88.4 cm³/mol. The number of hydrogen-bond acceptors (Lipinski definition) is 4. The molecule has 26 heavy (non-hydrogen) atoms. The zero-order chi connectivity index (χ0) is 18.9. The van der Waals surface area contributed by atoms with E-state index < -0.39 is 23.8 Å². The Morgan fingerprint density at radius 1 is 1.23 bits per heavy atom. The second-order valence-corrected chi connectivity index (χ2v) is 5.77. The van der Waals surface area contributed by atoms with Crippen molar-refractivity contribution >= 4 is 22.6 Å². The first-order chi connectivity index (χ1) is 12.2. The molecule has 3 rings (SSSR count). The van der Waals surface area contributed by atoms with Crippen LogP contribution in [0.5, 0.6) is 0 Å². The fourth-order valence-corrected chi connectivity index (χ4v) is 2.32. The number of aromatic nitrogens is 3. The number of alkyl halides is 3. The fourth-order valence-electron chi connectivity index (χ4n) is 2.32. The molecule has 0 saturated carbocycles. The van der Waals surface area contributed by atoms with Gasteiger partial charge in [-0.3, -0.25) is 4.79 Å². The van der Waals surface area contributed by atoms with Gasteiger partial charge in [0.2, 0.25) is 6.10 Å². The Hall–Kier alpha value is -3.10. The number of nitrogens with one attached hydrogen (secondary N) is 1. The SMILES string of the molecule is Cc1cccc(NC(=O)[C@@H](C)On2nnc3ccc(C(F)(F)F)cc32)c1. The third kappa shape index (κ3) is 3.76. The summed E-state index contributed by atoms with van der Waals surface area (Å²) in [6.45, 7) is 3.35. The van der Waals surface area contributed by atoms with E-state index >= 15 is 0 Å². The van der Waals surface area contributed by atoms with E-state index in [4.69, 9.17) is 4.84 Å². The van der Waals surface area contributed by atoms with E-state index in [9.17, 15) is 18.0 Å². The average Bonchev–Trinajstić information content (AvgIpc) is 2.96. The van der Waals surface area contributed by atoms with Crippen LogP contribution in [0.1, 0.15) is 18.1 Å². The van der Waals surface area contributed by atoms with Crippen LogP contribution in [-0.2, 0) is 11.0 Å². The van der Waals surface area contributed by atoms with Gasteiger partial charge in [0.1, 0.15) is 11.0 Å². The zero-order valence-electron chi connectivity index (χ0n) is 13.9. The quantitative estimate of drug-likeness (QED) is 0.772. The zero-order valence-corrected chi connectivity index (χ0v) is 13.9. The molecule has 0 aliphatic carbocycles. The Morgan fingerprint density at radius 2 is 2.00 bits per heavy atom. The number of rotatable bonds is 4. The molecule has 0 bridgehead atoms. The lowest BCUT2D eigenvalue weighted by Gasteiger charge is -2.14. The van der Waals surface area contributed by atoms with Crippen LogP contribution in [0.4, 0.5) is 18.9 Å². The number of halogens is 3. The van der Waals surface area contributed by atoms with E-state index in [0.717, 1.165) is 22.5 Å². The van der Waals surface area contributed by atoms with Crippen LogP contribution in [0.3, 0.4) is 0 Å². The van der Waals surface area contributed by atoms with Gasteiger partial charge in [-0.25, -0.2) is 0 Å². The average molecular weight is 364 g/mol. The molecule has 0 saturated heterocycles. The molecule has 6 nitrogen and oxygen atoms in total. The molecule has 0 aliphatic rings. The highest BCUT2D eigenvalue weighted by atomic mass is 19.4. The maximum atomic E-state index is 12.9. The van der Waals surface area contributed by atoms with Crippen molar-refractivity contribution < 1.29 is 22.8 Å². The summed E-state index contributed by atoms with van der Waals surface area (Å²) >= 11 is 0. The van der Waals surface area contributed by atoms with Gasteiger partial charge < -0.3 is 10.2 Å². The van der Waals surface area contributed by atoms with Gasteiger partial charge in [-0.05, 0) is 55.0 Å². The molecule has 0 aliphatic heterocycles. The highest BCUT2D eigenvalue weighted by Crippen LogP contribution is 2.30. The van der Waals surface area contributed by atoms with Crippen LogP contribution in [0.25, 0.3) is 11.0 Å². The topological polar surface area (TPSA) is 69.0 Å². The summed E-state index contributed by atoms with van der Waals surface area (Å²) in [7, 11) is 0. The maximum Gasteiger partial charge on any atom is 0.416 e. The Bertz CT molecular complexity index is 953.